The predicted octanol–water partition coefficient (Wildman–Crippen LogP) is 7.15. The number of rotatable bonds is 19. The fourth-order valence-corrected chi connectivity index (χ4v) is 3.02. The zero-order chi connectivity index (χ0) is 19.3. The number of carbonyl (C=O) groups is 1. The first-order valence-corrected chi connectivity index (χ1v) is 10.9. The molecule has 0 aliphatic carbocycles. The van der Waals surface area contributed by atoms with Crippen LogP contribution in [0.15, 0.2) is 12.3 Å². The summed E-state index contributed by atoms with van der Waals surface area (Å²) in [7, 11) is 0. The molecule has 0 aromatic heterocycles. The topological polar surface area (TPSA) is 35.5 Å². The third-order valence-corrected chi connectivity index (χ3v) is 4.53. The Bertz CT molecular complexity index is 325. The van der Waals surface area contributed by atoms with Crippen LogP contribution >= 0.6 is 0 Å². The molecule has 0 heterocycles. The van der Waals surface area contributed by atoms with E-state index in [4.69, 9.17) is 9.47 Å². The zero-order valence-corrected chi connectivity index (χ0v) is 17.5. The number of carbonyl (C=O) groups excluding carboxylic acids is 1. The maximum absolute atomic E-state index is 10.7. The van der Waals surface area contributed by atoms with E-state index in [2.05, 4.69) is 13.8 Å². The van der Waals surface area contributed by atoms with Crippen molar-refractivity contribution in [1.82, 2.24) is 0 Å². The van der Waals surface area contributed by atoms with E-state index in [1.54, 1.807) is 6.26 Å². The Morgan fingerprint density at radius 2 is 1.31 bits per heavy atom. The van der Waals surface area contributed by atoms with Gasteiger partial charge in [0.15, 0.2) is 0 Å². The molecule has 0 bridgehead atoms. The van der Waals surface area contributed by atoms with Gasteiger partial charge in [-0.15, -0.1) is 0 Å². The van der Waals surface area contributed by atoms with Gasteiger partial charge in [0.25, 0.3) is 0 Å². The molecule has 0 aromatic carbocycles. The summed E-state index contributed by atoms with van der Waals surface area (Å²) < 4.78 is 10.2. The molecule has 0 fully saturated rings. The number of ether oxygens (including phenoxy) is 2. The van der Waals surface area contributed by atoms with Crippen molar-refractivity contribution < 1.29 is 14.3 Å². The second-order valence-electron chi connectivity index (χ2n) is 7.32. The second-order valence-corrected chi connectivity index (χ2v) is 7.32. The summed E-state index contributed by atoms with van der Waals surface area (Å²) in [5.74, 6) is -0.319. The molecule has 1 radical (unpaired) electrons. The zero-order valence-electron chi connectivity index (χ0n) is 17.5. The Hall–Kier alpha value is -0.990. The van der Waals surface area contributed by atoms with E-state index in [0.29, 0.717) is 6.61 Å². The van der Waals surface area contributed by atoms with Crippen LogP contribution < -0.4 is 0 Å². The van der Waals surface area contributed by atoms with Gasteiger partial charge in [-0.1, -0.05) is 90.4 Å². The van der Waals surface area contributed by atoms with Crippen LogP contribution in [-0.4, -0.2) is 18.7 Å². The molecule has 0 saturated carbocycles. The van der Waals surface area contributed by atoms with E-state index in [0.717, 1.165) is 6.42 Å². The molecule has 0 N–H and O–H groups in total. The van der Waals surface area contributed by atoms with Crippen molar-refractivity contribution in [2.24, 2.45) is 0 Å². The van der Waals surface area contributed by atoms with Crippen LogP contribution in [0, 0.1) is 6.92 Å². The van der Waals surface area contributed by atoms with Gasteiger partial charge in [0.1, 0.15) is 12.7 Å². The Morgan fingerprint density at radius 1 is 0.846 bits per heavy atom. The highest BCUT2D eigenvalue weighted by molar-refractivity contribution is 5.66. The average molecular weight is 368 g/mol. The van der Waals surface area contributed by atoms with Crippen molar-refractivity contribution in [3.05, 3.63) is 19.3 Å². The van der Waals surface area contributed by atoms with Gasteiger partial charge in [-0.3, -0.25) is 4.79 Å². The summed E-state index contributed by atoms with van der Waals surface area (Å²) in [5.41, 5.74) is 0. The number of hydrogen-bond donors (Lipinski definition) is 0. The first kappa shape index (κ1) is 25.0. The van der Waals surface area contributed by atoms with Crippen LogP contribution in [0.1, 0.15) is 110 Å². The van der Waals surface area contributed by atoms with Crippen LogP contribution in [0.3, 0.4) is 0 Å². The smallest absolute Gasteiger partial charge is 0.303 e. The van der Waals surface area contributed by atoms with Crippen molar-refractivity contribution >= 4 is 5.97 Å². The first-order chi connectivity index (χ1) is 12.7. The van der Waals surface area contributed by atoms with E-state index in [-0.39, 0.29) is 5.97 Å². The number of esters is 1. The lowest BCUT2D eigenvalue weighted by Crippen LogP contribution is -2.17. The van der Waals surface area contributed by atoms with Crippen LogP contribution in [0.4, 0.5) is 0 Å². The van der Waals surface area contributed by atoms with Crippen LogP contribution in [0.25, 0.3) is 0 Å². The fourth-order valence-electron chi connectivity index (χ4n) is 3.02. The highest BCUT2D eigenvalue weighted by atomic mass is 16.6. The second kappa shape index (κ2) is 20.3. The molecule has 0 aromatic rings. The lowest BCUT2D eigenvalue weighted by atomic mass is 10.0. The summed E-state index contributed by atoms with van der Waals surface area (Å²) in [6.45, 7) is 7.66. The van der Waals surface area contributed by atoms with Crippen LogP contribution in [-0.2, 0) is 14.3 Å². The lowest BCUT2D eigenvalue weighted by Gasteiger charge is -2.10. The van der Waals surface area contributed by atoms with Gasteiger partial charge in [0.2, 0.25) is 0 Å². The molecule has 1 atom stereocenters. The highest BCUT2D eigenvalue weighted by Crippen LogP contribution is 2.13. The molecule has 0 amide bonds. The quantitative estimate of drug-likeness (QED) is 0.138. The molecule has 0 aliphatic heterocycles. The lowest BCUT2D eigenvalue weighted by molar-refractivity contribution is -0.145. The van der Waals surface area contributed by atoms with Crippen LogP contribution in [0.2, 0.25) is 0 Å². The molecular weight excluding hydrogens is 324 g/mol. The van der Waals surface area contributed by atoms with Crippen molar-refractivity contribution in [1.29, 1.82) is 0 Å². The third kappa shape index (κ3) is 21.1. The standard InChI is InChI=1S/C23H43O3/c1-4-5-6-7-8-9-10-11-12-13-14-15-16-17-18-19-20-25-21-22(2)26-23(3)24/h19-20,22H,2,4-18,21H2,1,3H3. The minimum absolute atomic E-state index is 0.314. The van der Waals surface area contributed by atoms with E-state index in [9.17, 15) is 4.79 Å². The summed E-state index contributed by atoms with van der Waals surface area (Å²) in [5, 5.41) is 0. The van der Waals surface area contributed by atoms with Crippen molar-refractivity contribution in [2.45, 2.75) is 116 Å². The highest BCUT2D eigenvalue weighted by Gasteiger charge is 2.03. The summed E-state index contributed by atoms with van der Waals surface area (Å²) in [6, 6.07) is 0. The van der Waals surface area contributed by atoms with Gasteiger partial charge in [-0.2, -0.15) is 0 Å². The minimum atomic E-state index is -0.432. The summed E-state index contributed by atoms with van der Waals surface area (Å²) in [6.07, 6.45) is 23.8. The number of hydrogen-bond acceptors (Lipinski definition) is 3. The van der Waals surface area contributed by atoms with E-state index in [1.165, 1.54) is 96.8 Å². The molecule has 0 rings (SSSR count). The van der Waals surface area contributed by atoms with Gasteiger partial charge in [0.05, 0.1) is 6.26 Å². The number of unbranched alkanes of at least 4 members (excludes halogenated alkanes) is 14. The Labute approximate surface area is 162 Å². The van der Waals surface area contributed by atoms with Crippen molar-refractivity contribution in [3.8, 4) is 0 Å². The van der Waals surface area contributed by atoms with Gasteiger partial charge >= 0.3 is 5.97 Å². The Morgan fingerprint density at radius 3 is 1.77 bits per heavy atom. The predicted molar refractivity (Wildman–Crippen MR) is 111 cm³/mol. The van der Waals surface area contributed by atoms with Gasteiger partial charge in [0, 0.05) is 6.92 Å². The maximum atomic E-state index is 10.7. The van der Waals surface area contributed by atoms with E-state index < -0.39 is 6.10 Å². The largest absolute Gasteiger partial charge is 0.498 e. The molecule has 26 heavy (non-hydrogen) atoms. The summed E-state index contributed by atoms with van der Waals surface area (Å²) in [4.78, 5) is 10.7. The third-order valence-electron chi connectivity index (χ3n) is 4.53. The normalized spacial score (nSPS) is 12.4. The SMILES string of the molecule is [CH2]C(COC=CCCCCCCCCCCCCCCCC)OC(C)=O. The summed E-state index contributed by atoms with van der Waals surface area (Å²) >= 11 is 0. The minimum Gasteiger partial charge on any atom is -0.498 e. The van der Waals surface area contributed by atoms with Gasteiger partial charge in [-0.25, -0.2) is 0 Å². The molecule has 1 unspecified atom stereocenters. The molecule has 0 aliphatic rings. The molecule has 0 saturated heterocycles. The average Bonchev–Trinajstić information content (AvgIpc) is 2.60. The number of allylic oxidation sites excluding steroid dienone is 1. The van der Waals surface area contributed by atoms with Gasteiger partial charge < -0.3 is 9.47 Å². The molecule has 153 valence electrons. The monoisotopic (exact) mass is 367 g/mol. The Kier molecular flexibility index (Phi) is 19.5. The van der Waals surface area contributed by atoms with Crippen molar-refractivity contribution in [3.63, 3.8) is 0 Å². The van der Waals surface area contributed by atoms with Crippen molar-refractivity contribution in [2.75, 3.05) is 6.61 Å². The molecule has 3 heteroatoms. The molecule has 3 nitrogen and oxygen atoms in total. The fraction of sp³-hybridized carbons (Fsp3) is 0.826. The Balaban J connectivity index is 3.15. The molecule has 0 spiro atoms. The molecular formula is C23H43O3. The van der Waals surface area contributed by atoms with Crippen LogP contribution in [0.5, 0.6) is 0 Å². The first-order valence-electron chi connectivity index (χ1n) is 10.9. The maximum Gasteiger partial charge on any atom is 0.303 e. The van der Waals surface area contributed by atoms with E-state index >= 15 is 0 Å². The van der Waals surface area contributed by atoms with Gasteiger partial charge in [-0.05, 0) is 25.8 Å². The van der Waals surface area contributed by atoms with E-state index in [1.807, 2.05) is 6.08 Å².